The Morgan fingerprint density at radius 1 is 0.826 bits per heavy atom. The first kappa shape index (κ1) is 35.3. The Kier molecular flexibility index (Phi) is 12.1. The van der Waals surface area contributed by atoms with Gasteiger partial charge in [-0.05, 0) is 73.9 Å². The Hall–Kier alpha value is -3.56. The molecule has 4 rings (SSSR count). The molecule has 0 aliphatic carbocycles. The molecule has 0 saturated heterocycles. The molecule has 4 aromatic carbocycles. The fourth-order valence-electron chi connectivity index (χ4n) is 4.94. The molecular formula is C35H36Cl3N3O4S. The van der Waals surface area contributed by atoms with Gasteiger partial charge in [0.25, 0.3) is 10.0 Å². The van der Waals surface area contributed by atoms with E-state index in [1.165, 1.54) is 29.2 Å². The van der Waals surface area contributed by atoms with Crippen LogP contribution in [0.3, 0.4) is 0 Å². The van der Waals surface area contributed by atoms with Crippen molar-refractivity contribution < 1.29 is 18.0 Å². The average Bonchev–Trinajstić information content (AvgIpc) is 3.03. The first-order chi connectivity index (χ1) is 21.9. The van der Waals surface area contributed by atoms with E-state index in [-0.39, 0.29) is 29.8 Å². The molecule has 1 N–H and O–H groups in total. The van der Waals surface area contributed by atoms with Crippen LogP contribution in [0.25, 0.3) is 0 Å². The van der Waals surface area contributed by atoms with Crippen molar-refractivity contribution in [2.45, 2.75) is 57.1 Å². The molecule has 0 radical (unpaired) electrons. The van der Waals surface area contributed by atoms with E-state index in [2.05, 4.69) is 5.32 Å². The molecule has 0 aliphatic heterocycles. The number of anilines is 1. The van der Waals surface area contributed by atoms with Crippen molar-refractivity contribution in [1.29, 1.82) is 0 Å². The summed E-state index contributed by atoms with van der Waals surface area (Å²) in [7, 11) is -4.26. The second-order valence-electron chi connectivity index (χ2n) is 11.0. The van der Waals surface area contributed by atoms with Gasteiger partial charge in [0.05, 0.1) is 10.6 Å². The van der Waals surface area contributed by atoms with Gasteiger partial charge in [-0.15, -0.1) is 0 Å². The minimum Gasteiger partial charge on any atom is -0.352 e. The number of sulfonamides is 1. The molecule has 242 valence electrons. The standard InChI is InChI=1S/C35H36Cl3N3O4S/c1-4-25(3)39-35(43)33(21-26-12-6-5-7-13-26)40(22-29-30(37)14-10-15-31(29)38)34(42)23-41(32-16-9-8-11-24(32)2)46(44,45)28-19-17-27(36)18-20-28/h5-20,25,33H,4,21-23H2,1-3H3,(H,39,43)/t25-,33+/m1/s1. The number of benzene rings is 4. The van der Waals surface area contributed by atoms with Crippen molar-refractivity contribution in [3.63, 3.8) is 0 Å². The lowest BCUT2D eigenvalue weighted by Crippen LogP contribution is -2.54. The lowest BCUT2D eigenvalue weighted by molar-refractivity contribution is -0.140. The molecule has 7 nitrogen and oxygen atoms in total. The minimum absolute atomic E-state index is 0.0380. The molecular weight excluding hydrogens is 665 g/mol. The number of hydrogen-bond acceptors (Lipinski definition) is 4. The summed E-state index contributed by atoms with van der Waals surface area (Å²) < 4.78 is 29.5. The second-order valence-corrected chi connectivity index (χ2v) is 14.1. The smallest absolute Gasteiger partial charge is 0.264 e. The number of nitrogens with zero attached hydrogens (tertiary/aromatic N) is 2. The van der Waals surface area contributed by atoms with E-state index in [0.29, 0.717) is 38.3 Å². The highest BCUT2D eigenvalue weighted by Crippen LogP contribution is 2.30. The summed E-state index contributed by atoms with van der Waals surface area (Å²) >= 11 is 19.2. The Morgan fingerprint density at radius 3 is 2.04 bits per heavy atom. The topological polar surface area (TPSA) is 86.8 Å². The number of carbonyl (C=O) groups is 2. The van der Waals surface area contributed by atoms with Crippen LogP contribution in [-0.2, 0) is 32.6 Å². The maximum atomic E-state index is 14.6. The van der Waals surface area contributed by atoms with Gasteiger partial charge in [-0.25, -0.2) is 8.42 Å². The van der Waals surface area contributed by atoms with Gasteiger partial charge >= 0.3 is 0 Å². The van der Waals surface area contributed by atoms with Crippen LogP contribution in [0.5, 0.6) is 0 Å². The normalized spacial score (nSPS) is 12.7. The van der Waals surface area contributed by atoms with Crippen LogP contribution in [0, 0.1) is 6.92 Å². The summed E-state index contributed by atoms with van der Waals surface area (Å²) in [4.78, 5) is 29.9. The largest absolute Gasteiger partial charge is 0.352 e. The van der Waals surface area contributed by atoms with Crippen LogP contribution in [-0.4, -0.2) is 43.8 Å². The predicted octanol–water partition coefficient (Wildman–Crippen LogP) is 7.71. The number of aryl methyl sites for hydroxylation is 1. The molecule has 2 atom stereocenters. The highest BCUT2D eigenvalue weighted by Gasteiger charge is 2.36. The van der Waals surface area contributed by atoms with E-state index in [1.807, 2.05) is 44.2 Å². The van der Waals surface area contributed by atoms with Gasteiger partial charge < -0.3 is 10.2 Å². The molecule has 0 saturated carbocycles. The SMILES string of the molecule is CC[C@@H](C)NC(=O)[C@H](Cc1ccccc1)N(Cc1c(Cl)cccc1Cl)C(=O)CN(c1ccccc1C)S(=O)(=O)c1ccc(Cl)cc1. The van der Waals surface area contributed by atoms with Crippen molar-refractivity contribution in [2.75, 3.05) is 10.8 Å². The van der Waals surface area contributed by atoms with Gasteiger partial charge in [-0.1, -0.05) is 96.3 Å². The summed E-state index contributed by atoms with van der Waals surface area (Å²) in [5.74, 6) is -0.991. The summed E-state index contributed by atoms with van der Waals surface area (Å²) in [6.45, 7) is 4.87. The lowest BCUT2D eigenvalue weighted by Gasteiger charge is -2.35. The van der Waals surface area contributed by atoms with Crippen molar-refractivity contribution >= 4 is 62.3 Å². The minimum atomic E-state index is -4.26. The van der Waals surface area contributed by atoms with Crippen LogP contribution in [0.1, 0.15) is 37.0 Å². The molecule has 4 aromatic rings. The maximum absolute atomic E-state index is 14.6. The Bertz CT molecular complexity index is 1750. The Balaban J connectivity index is 1.85. The van der Waals surface area contributed by atoms with Gasteiger partial charge in [0.15, 0.2) is 0 Å². The summed E-state index contributed by atoms with van der Waals surface area (Å²) in [5, 5.41) is 4.02. The molecule has 2 amide bonds. The molecule has 46 heavy (non-hydrogen) atoms. The van der Waals surface area contributed by atoms with Crippen LogP contribution in [0.2, 0.25) is 15.1 Å². The number of nitrogens with one attached hydrogen (secondary N) is 1. The first-order valence-electron chi connectivity index (χ1n) is 14.8. The third-order valence-electron chi connectivity index (χ3n) is 7.73. The highest BCUT2D eigenvalue weighted by molar-refractivity contribution is 7.92. The predicted molar refractivity (Wildman–Crippen MR) is 186 cm³/mol. The van der Waals surface area contributed by atoms with Gasteiger partial charge in [-0.2, -0.15) is 0 Å². The number of carbonyl (C=O) groups excluding carboxylic acids is 2. The van der Waals surface area contributed by atoms with Crippen LogP contribution < -0.4 is 9.62 Å². The monoisotopic (exact) mass is 699 g/mol. The molecule has 0 fully saturated rings. The number of amides is 2. The highest BCUT2D eigenvalue weighted by atomic mass is 35.5. The molecule has 0 aromatic heterocycles. The lowest BCUT2D eigenvalue weighted by atomic mass is 10.0. The molecule has 0 bridgehead atoms. The summed E-state index contributed by atoms with van der Waals surface area (Å²) in [5.41, 5.74) is 2.23. The van der Waals surface area contributed by atoms with Gasteiger partial charge in [-0.3, -0.25) is 13.9 Å². The van der Waals surface area contributed by atoms with Crippen LogP contribution in [0.15, 0.2) is 102 Å². The van der Waals surface area contributed by atoms with E-state index in [4.69, 9.17) is 34.8 Å². The number of rotatable bonds is 13. The number of para-hydroxylation sites is 1. The van der Waals surface area contributed by atoms with Gasteiger partial charge in [0.2, 0.25) is 11.8 Å². The van der Waals surface area contributed by atoms with E-state index in [0.717, 1.165) is 9.87 Å². The Morgan fingerprint density at radius 2 is 1.43 bits per heavy atom. The van der Waals surface area contributed by atoms with Crippen molar-refractivity contribution in [2.24, 2.45) is 0 Å². The number of hydrogen-bond donors (Lipinski definition) is 1. The summed E-state index contributed by atoms with van der Waals surface area (Å²) in [6.07, 6.45) is 0.847. The molecule has 0 heterocycles. The maximum Gasteiger partial charge on any atom is 0.264 e. The van der Waals surface area contributed by atoms with Crippen molar-refractivity contribution in [1.82, 2.24) is 10.2 Å². The fraction of sp³-hybridized carbons (Fsp3) is 0.257. The van der Waals surface area contributed by atoms with E-state index >= 15 is 0 Å². The van der Waals surface area contributed by atoms with Crippen molar-refractivity contribution in [3.8, 4) is 0 Å². The Labute approximate surface area is 286 Å². The zero-order chi connectivity index (χ0) is 33.4. The zero-order valence-corrected chi connectivity index (χ0v) is 28.9. The molecule has 0 aliphatic rings. The molecule has 0 unspecified atom stereocenters. The average molecular weight is 701 g/mol. The van der Waals surface area contributed by atoms with E-state index < -0.39 is 28.5 Å². The third kappa shape index (κ3) is 8.62. The number of halogens is 3. The van der Waals surface area contributed by atoms with Crippen molar-refractivity contribution in [3.05, 3.63) is 129 Å². The van der Waals surface area contributed by atoms with Crippen LogP contribution in [0.4, 0.5) is 5.69 Å². The molecule has 11 heteroatoms. The van der Waals surface area contributed by atoms with Crippen LogP contribution >= 0.6 is 34.8 Å². The third-order valence-corrected chi connectivity index (χ3v) is 10.5. The fourth-order valence-corrected chi connectivity index (χ4v) is 7.06. The van der Waals surface area contributed by atoms with Gasteiger partial charge in [0.1, 0.15) is 12.6 Å². The van der Waals surface area contributed by atoms with E-state index in [1.54, 1.807) is 49.4 Å². The molecule has 0 spiro atoms. The quantitative estimate of drug-likeness (QED) is 0.155. The first-order valence-corrected chi connectivity index (χ1v) is 17.4. The second kappa shape index (κ2) is 15.8. The van der Waals surface area contributed by atoms with E-state index in [9.17, 15) is 18.0 Å². The van der Waals surface area contributed by atoms with Gasteiger partial charge in [0, 0.05) is 39.6 Å². The zero-order valence-electron chi connectivity index (χ0n) is 25.8. The summed E-state index contributed by atoms with van der Waals surface area (Å²) in [6, 6.07) is 25.8.